The van der Waals surface area contributed by atoms with E-state index in [2.05, 4.69) is 10.1 Å². The van der Waals surface area contributed by atoms with E-state index in [1.54, 1.807) is 0 Å². The van der Waals surface area contributed by atoms with Crippen LogP contribution in [0, 0.1) is 16.0 Å². The summed E-state index contributed by atoms with van der Waals surface area (Å²) in [5.74, 6) is -0.404. The second kappa shape index (κ2) is 7.62. The van der Waals surface area contributed by atoms with Gasteiger partial charge in [0.1, 0.15) is 5.75 Å². The highest BCUT2D eigenvalue weighted by Crippen LogP contribution is 2.30. The highest BCUT2D eigenvalue weighted by Gasteiger charge is 2.29. The smallest absolute Gasteiger partial charge is 0.409 e. The molecule has 1 aromatic carbocycles. The monoisotopic (exact) mass is 337 g/mol. The molecule has 1 aliphatic heterocycles. The SMILES string of the molecule is COC(=O)N1CCCC(C(=O)Nc2cc([N+](=O)[O-])ccc2OC)C1. The van der Waals surface area contributed by atoms with E-state index in [9.17, 15) is 19.7 Å². The minimum atomic E-state index is -0.547. The number of nitro groups is 1. The van der Waals surface area contributed by atoms with Crippen molar-refractivity contribution in [2.24, 2.45) is 5.92 Å². The largest absolute Gasteiger partial charge is 0.495 e. The minimum Gasteiger partial charge on any atom is -0.495 e. The first-order valence-electron chi connectivity index (χ1n) is 7.42. The zero-order chi connectivity index (χ0) is 17.7. The Balaban J connectivity index is 2.12. The van der Waals surface area contributed by atoms with Crippen molar-refractivity contribution in [2.75, 3.05) is 32.6 Å². The Morgan fingerprint density at radius 1 is 1.38 bits per heavy atom. The first-order valence-corrected chi connectivity index (χ1v) is 7.42. The molecule has 9 heteroatoms. The fourth-order valence-electron chi connectivity index (χ4n) is 2.63. The second-order valence-corrected chi connectivity index (χ2v) is 5.39. The van der Waals surface area contributed by atoms with Gasteiger partial charge in [-0.1, -0.05) is 0 Å². The normalized spacial score (nSPS) is 17.1. The third kappa shape index (κ3) is 3.92. The predicted molar refractivity (Wildman–Crippen MR) is 85.0 cm³/mol. The number of likely N-dealkylation sites (tertiary alicyclic amines) is 1. The van der Waals surface area contributed by atoms with Crippen molar-refractivity contribution in [1.82, 2.24) is 4.90 Å². The highest BCUT2D eigenvalue weighted by atomic mass is 16.6. The molecule has 1 atom stereocenters. The van der Waals surface area contributed by atoms with Crippen LogP contribution in [0.5, 0.6) is 5.75 Å². The molecule has 0 saturated carbocycles. The van der Waals surface area contributed by atoms with Gasteiger partial charge in [-0.15, -0.1) is 0 Å². The van der Waals surface area contributed by atoms with Crippen LogP contribution in [-0.2, 0) is 9.53 Å². The molecule has 1 N–H and O–H groups in total. The van der Waals surface area contributed by atoms with Crippen LogP contribution in [0.1, 0.15) is 12.8 Å². The van der Waals surface area contributed by atoms with Crippen molar-refractivity contribution < 1.29 is 24.0 Å². The first kappa shape index (κ1) is 17.5. The van der Waals surface area contributed by atoms with Crippen molar-refractivity contribution in [3.8, 4) is 5.75 Å². The number of ether oxygens (including phenoxy) is 2. The third-order valence-corrected chi connectivity index (χ3v) is 3.88. The maximum Gasteiger partial charge on any atom is 0.409 e. The molecule has 1 heterocycles. The molecule has 130 valence electrons. The molecule has 1 unspecified atom stereocenters. The molecular formula is C15H19N3O6. The average Bonchev–Trinajstić information content (AvgIpc) is 2.60. The van der Waals surface area contributed by atoms with E-state index >= 15 is 0 Å². The van der Waals surface area contributed by atoms with Crippen molar-refractivity contribution in [2.45, 2.75) is 12.8 Å². The molecule has 2 rings (SSSR count). The number of anilines is 1. The molecule has 0 radical (unpaired) electrons. The summed E-state index contributed by atoms with van der Waals surface area (Å²) in [5, 5.41) is 13.5. The number of non-ortho nitro benzene ring substituents is 1. The van der Waals surface area contributed by atoms with Crippen molar-refractivity contribution in [1.29, 1.82) is 0 Å². The van der Waals surface area contributed by atoms with Gasteiger partial charge in [0.05, 0.1) is 30.7 Å². The standard InChI is InChI=1S/C15H19N3O6/c1-23-13-6-5-11(18(21)22)8-12(13)16-14(19)10-4-3-7-17(9-10)15(20)24-2/h5-6,8,10H,3-4,7,9H2,1-2H3,(H,16,19). The van der Waals surface area contributed by atoms with Crippen LogP contribution in [0.2, 0.25) is 0 Å². The Kier molecular flexibility index (Phi) is 5.56. The summed E-state index contributed by atoms with van der Waals surface area (Å²) in [4.78, 5) is 35.9. The minimum absolute atomic E-state index is 0.147. The number of carbonyl (C=O) groups is 2. The summed E-state index contributed by atoms with van der Waals surface area (Å²) in [5.41, 5.74) is 0.0813. The van der Waals surface area contributed by atoms with Crippen molar-refractivity contribution in [3.63, 3.8) is 0 Å². The number of piperidine rings is 1. The van der Waals surface area contributed by atoms with Crippen LogP contribution in [0.25, 0.3) is 0 Å². The number of benzene rings is 1. The van der Waals surface area contributed by atoms with E-state index in [-0.39, 0.29) is 23.8 Å². The summed E-state index contributed by atoms with van der Waals surface area (Å²) in [7, 11) is 2.70. The molecule has 0 bridgehead atoms. The lowest BCUT2D eigenvalue weighted by atomic mass is 9.97. The molecule has 0 aromatic heterocycles. The van der Waals surface area contributed by atoms with Gasteiger partial charge in [0, 0.05) is 25.2 Å². The number of rotatable bonds is 4. The molecule has 2 amide bonds. The lowest BCUT2D eigenvalue weighted by Gasteiger charge is -2.30. The quantitative estimate of drug-likeness (QED) is 0.664. The summed E-state index contributed by atoms with van der Waals surface area (Å²) < 4.78 is 9.80. The number of hydrogen-bond acceptors (Lipinski definition) is 6. The van der Waals surface area contributed by atoms with E-state index in [0.29, 0.717) is 25.1 Å². The average molecular weight is 337 g/mol. The number of nitro benzene ring substituents is 1. The van der Waals surface area contributed by atoms with E-state index in [1.165, 1.54) is 37.3 Å². The van der Waals surface area contributed by atoms with E-state index in [4.69, 9.17) is 4.74 Å². The van der Waals surface area contributed by atoms with Crippen LogP contribution in [-0.4, -0.2) is 49.1 Å². The molecule has 1 fully saturated rings. The van der Waals surface area contributed by atoms with Gasteiger partial charge in [0.25, 0.3) is 5.69 Å². The number of methoxy groups -OCH3 is 2. The van der Waals surface area contributed by atoms with Gasteiger partial charge in [-0.3, -0.25) is 14.9 Å². The molecule has 9 nitrogen and oxygen atoms in total. The number of nitrogens with zero attached hydrogens (tertiary/aromatic N) is 2. The Morgan fingerprint density at radius 2 is 2.12 bits per heavy atom. The van der Waals surface area contributed by atoms with Gasteiger partial charge in [0.15, 0.2) is 0 Å². The lowest BCUT2D eigenvalue weighted by Crippen LogP contribution is -2.43. The van der Waals surface area contributed by atoms with Crippen LogP contribution < -0.4 is 10.1 Å². The van der Waals surface area contributed by atoms with Crippen LogP contribution in [0.3, 0.4) is 0 Å². The van der Waals surface area contributed by atoms with Gasteiger partial charge in [-0.05, 0) is 18.9 Å². The molecule has 1 aromatic rings. The van der Waals surface area contributed by atoms with Gasteiger partial charge >= 0.3 is 6.09 Å². The van der Waals surface area contributed by atoms with Gasteiger partial charge in [0.2, 0.25) is 5.91 Å². The Bertz CT molecular complexity index is 648. The van der Waals surface area contributed by atoms with Crippen LogP contribution in [0.4, 0.5) is 16.2 Å². The number of nitrogens with one attached hydrogen (secondary N) is 1. The molecular weight excluding hydrogens is 318 g/mol. The van der Waals surface area contributed by atoms with Crippen LogP contribution >= 0.6 is 0 Å². The lowest BCUT2D eigenvalue weighted by molar-refractivity contribution is -0.384. The number of amides is 2. The van der Waals surface area contributed by atoms with E-state index in [0.717, 1.165) is 0 Å². The fraction of sp³-hybridized carbons (Fsp3) is 0.467. The van der Waals surface area contributed by atoms with Crippen LogP contribution in [0.15, 0.2) is 18.2 Å². The highest BCUT2D eigenvalue weighted by molar-refractivity contribution is 5.94. The third-order valence-electron chi connectivity index (χ3n) is 3.88. The Labute approximate surface area is 138 Å². The zero-order valence-electron chi connectivity index (χ0n) is 13.5. The maximum absolute atomic E-state index is 12.5. The number of hydrogen-bond donors (Lipinski definition) is 1. The van der Waals surface area contributed by atoms with Gasteiger partial charge < -0.3 is 19.7 Å². The molecule has 1 saturated heterocycles. The molecule has 1 aliphatic rings. The Hall–Kier alpha value is -2.84. The Morgan fingerprint density at radius 3 is 2.75 bits per heavy atom. The fourth-order valence-corrected chi connectivity index (χ4v) is 2.63. The van der Waals surface area contributed by atoms with Gasteiger partial charge in [-0.25, -0.2) is 4.79 Å². The van der Waals surface area contributed by atoms with Crippen molar-refractivity contribution >= 4 is 23.4 Å². The summed E-state index contributed by atoms with van der Waals surface area (Å²) in [6.45, 7) is 0.784. The topological polar surface area (TPSA) is 111 Å². The first-order chi connectivity index (χ1) is 11.5. The summed E-state index contributed by atoms with van der Waals surface area (Å²) >= 11 is 0. The van der Waals surface area contributed by atoms with Gasteiger partial charge in [-0.2, -0.15) is 0 Å². The van der Waals surface area contributed by atoms with E-state index in [1.807, 2.05) is 0 Å². The van der Waals surface area contributed by atoms with Crippen molar-refractivity contribution in [3.05, 3.63) is 28.3 Å². The predicted octanol–water partition coefficient (Wildman–Crippen LogP) is 2.02. The summed E-state index contributed by atoms with van der Waals surface area (Å²) in [6, 6.07) is 3.97. The van der Waals surface area contributed by atoms with E-state index < -0.39 is 16.9 Å². The molecule has 24 heavy (non-hydrogen) atoms. The summed E-state index contributed by atoms with van der Waals surface area (Å²) in [6.07, 6.45) is 0.830. The second-order valence-electron chi connectivity index (χ2n) is 5.39. The molecule has 0 aliphatic carbocycles. The maximum atomic E-state index is 12.5. The number of carbonyl (C=O) groups excluding carboxylic acids is 2. The zero-order valence-corrected chi connectivity index (χ0v) is 13.5. The molecule has 0 spiro atoms.